The third-order valence-corrected chi connectivity index (χ3v) is 5.78. The minimum absolute atomic E-state index is 0.0100. The van der Waals surface area contributed by atoms with Crippen LogP contribution in [-0.4, -0.2) is 69.1 Å². The van der Waals surface area contributed by atoms with Crippen LogP contribution < -0.4 is 5.73 Å². The highest BCUT2D eigenvalue weighted by molar-refractivity contribution is 7.60. The number of aliphatic hydroxyl groups is 2. The van der Waals surface area contributed by atoms with Gasteiger partial charge in [-0.05, 0) is 0 Å². The summed E-state index contributed by atoms with van der Waals surface area (Å²) < 4.78 is 50.0. The molecule has 2 aromatic heterocycles. The standard InChI is InChI=1S/C10H14FN5O10P2/c11-7(25-28(22,23)26-27(19,20)21)6-4(17)5(18)10(24-6)16-2-15-3-8(12)13-1-14-9(3)16/h1-2,4-7,10,17-18H,(H,22,23)(H2,12,13,14)(H2,19,20,21)/t4-,5+,6-,7?,10+/m0/s1. The van der Waals surface area contributed by atoms with Crippen molar-refractivity contribution < 1.29 is 52.0 Å². The third kappa shape index (κ3) is 4.21. The Bertz CT molecular complexity index is 969. The number of nitrogen functional groups attached to an aromatic ring is 1. The molecule has 2 unspecified atom stereocenters. The van der Waals surface area contributed by atoms with Gasteiger partial charge in [0.2, 0.25) is 6.36 Å². The van der Waals surface area contributed by atoms with E-state index in [1.165, 1.54) is 0 Å². The van der Waals surface area contributed by atoms with Gasteiger partial charge in [0.25, 0.3) is 0 Å². The van der Waals surface area contributed by atoms with Crippen LogP contribution in [0.15, 0.2) is 12.7 Å². The zero-order chi connectivity index (χ0) is 20.9. The number of rotatable bonds is 6. The summed E-state index contributed by atoms with van der Waals surface area (Å²) in [7, 11) is -11.0. The fourth-order valence-electron chi connectivity index (χ4n) is 2.53. The van der Waals surface area contributed by atoms with E-state index in [9.17, 15) is 28.6 Å². The van der Waals surface area contributed by atoms with Gasteiger partial charge in [-0.3, -0.25) is 4.57 Å². The average Bonchev–Trinajstić information content (AvgIpc) is 3.08. The zero-order valence-corrected chi connectivity index (χ0v) is 15.2. The van der Waals surface area contributed by atoms with E-state index in [2.05, 4.69) is 23.8 Å². The van der Waals surface area contributed by atoms with Gasteiger partial charge in [0.15, 0.2) is 17.7 Å². The van der Waals surface area contributed by atoms with Crippen LogP contribution in [0.4, 0.5) is 10.2 Å². The van der Waals surface area contributed by atoms with Crippen molar-refractivity contribution in [2.45, 2.75) is 30.9 Å². The molecule has 156 valence electrons. The lowest BCUT2D eigenvalue weighted by atomic mass is 10.1. The first-order valence-electron chi connectivity index (χ1n) is 7.26. The van der Waals surface area contributed by atoms with Crippen molar-refractivity contribution in [2.24, 2.45) is 0 Å². The number of phosphoric ester groups is 1. The van der Waals surface area contributed by atoms with Gasteiger partial charge < -0.3 is 35.4 Å². The van der Waals surface area contributed by atoms with E-state index in [4.69, 9.17) is 20.3 Å². The first-order valence-corrected chi connectivity index (χ1v) is 10.3. The van der Waals surface area contributed by atoms with Crippen molar-refractivity contribution in [2.75, 3.05) is 5.73 Å². The van der Waals surface area contributed by atoms with Crippen molar-refractivity contribution in [1.82, 2.24) is 19.5 Å². The van der Waals surface area contributed by atoms with Crippen LogP contribution in [0.3, 0.4) is 0 Å². The Morgan fingerprint density at radius 3 is 2.54 bits per heavy atom. The van der Waals surface area contributed by atoms with Crippen molar-refractivity contribution in [3.8, 4) is 0 Å². The summed E-state index contributed by atoms with van der Waals surface area (Å²) in [5.74, 6) is 0.0100. The molecular weight excluding hydrogens is 431 g/mol. The van der Waals surface area contributed by atoms with E-state index >= 15 is 0 Å². The van der Waals surface area contributed by atoms with E-state index in [0.717, 1.165) is 17.2 Å². The van der Waals surface area contributed by atoms with Gasteiger partial charge in [-0.15, -0.1) is 0 Å². The molecule has 1 fully saturated rings. The Morgan fingerprint density at radius 1 is 1.21 bits per heavy atom. The SMILES string of the molecule is Nc1ncnc2c1ncn2[C@@H]1O[C@H](C(F)OP(=O)(O)OP(=O)(O)O)[C@@H](O)[C@H]1O. The summed E-state index contributed by atoms with van der Waals surface area (Å²) in [6.07, 6.45) is -7.91. The maximum absolute atomic E-state index is 14.2. The highest BCUT2D eigenvalue weighted by Gasteiger charge is 2.50. The molecular formula is C10H14FN5O10P2. The highest BCUT2D eigenvalue weighted by Crippen LogP contribution is 2.58. The van der Waals surface area contributed by atoms with Gasteiger partial charge in [0, 0.05) is 0 Å². The molecule has 1 saturated heterocycles. The molecule has 0 saturated carbocycles. The smallest absolute Gasteiger partial charge is 0.387 e. The van der Waals surface area contributed by atoms with Crippen molar-refractivity contribution in [3.05, 3.63) is 12.7 Å². The predicted molar refractivity (Wildman–Crippen MR) is 84.6 cm³/mol. The van der Waals surface area contributed by atoms with Crippen molar-refractivity contribution in [1.29, 1.82) is 0 Å². The van der Waals surface area contributed by atoms with E-state index < -0.39 is 46.5 Å². The largest absolute Gasteiger partial charge is 0.483 e. The number of halogens is 1. The molecule has 0 aliphatic carbocycles. The highest BCUT2D eigenvalue weighted by atomic mass is 31.3. The molecule has 0 spiro atoms. The Hall–Kier alpha value is -1.58. The fourth-order valence-corrected chi connectivity index (χ4v) is 4.13. The molecule has 0 radical (unpaired) electrons. The van der Waals surface area contributed by atoms with E-state index in [1.807, 2.05) is 0 Å². The monoisotopic (exact) mass is 445 g/mol. The lowest BCUT2D eigenvalue weighted by Gasteiger charge is -2.21. The number of phosphoric acid groups is 2. The number of hydrogen-bond donors (Lipinski definition) is 6. The molecule has 6 atom stereocenters. The number of fused-ring (bicyclic) bond motifs is 1. The lowest BCUT2D eigenvalue weighted by molar-refractivity contribution is -0.124. The van der Waals surface area contributed by atoms with Crippen molar-refractivity contribution in [3.63, 3.8) is 0 Å². The number of aliphatic hydroxyl groups excluding tert-OH is 2. The maximum Gasteiger partial charge on any atom is 0.483 e. The van der Waals surface area contributed by atoms with Crippen LogP contribution in [0.1, 0.15) is 6.23 Å². The Labute approximate surface area is 154 Å². The zero-order valence-electron chi connectivity index (χ0n) is 13.5. The molecule has 7 N–H and O–H groups in total. The van der Waals surface area contributed by atoms with Crippen LogP contribution in [-0.2, 0) is 22.7 Å². The number of imidazole rings is 1. The summed E-state index contributed by atoms with van der Waals surface area (Å²) >= 11 is 0. The third-order valence-electron chi connectivity index (χ3n) is 3.64. The molecule has 3 rings (SSSR count). The second-order valence-electron chi connectivity index (χ2n) is 5.55. The van der Waals surface area contributed by atoms with Crippen LogP contribution in [0.25, 0.3) is 11.2 Å². The van der Waals surface area contributed by atoms with Crippen LogP contribution in [0.5, 0.6) is 0 Å². The lowest BCUT2D eigenvalue weighted by Crippen LogP contribution is -2.37. The normalized spacial score (nSPS) is 29.1. The number of aromatic nitrogens is 4. The number of anilines is 1. The molecule has 1 aliphatic heterocycles. The minimum Gasteiger partial charge on any atom is -0.387 e. The van der Waals surface area contributed by atoms with Gasteiger partial charge in [-0.1, -0.05) is 0 Å². The van der Waals surface area contributed by atoms with Gasteiger partial charge in [0.1, 0.15) is 30.2 Å². The Balaban J connectivity index is 1.81. The van der Waals surface area contributed by atoms with E-state index in [1.54, 1.807) is 0 Å². The summed E-state index contributed by atoms with van der Waals surface area (Å²) in [4.78, 5) is 37.7. The number of alkyl halides is 1. The Kier molecular flexibility index (Phi) is 5.55. The van der Waals surface area contributed by atoms with E-state index in [-0.39, 0.29) is 17.0 Å². The topological polar surface area (TPSA) is 233 Å². The van der Waals surface area contributed by atoms with Crippen LogP contribution in [0.2, 0.25) is 0 Å². The molecule has 0 amide bonds. The van der Waals surface area contributed by atoms with Gasteiger partial charge in [0.05, 0.1) is 6.33 Å². The first kappa shape index (κ1) is 21.1. The van der Waals surface area contributed by atoms with Gasteiger partial charge in [-0.2, -0.15) is 4.31 Å². The molecule has 18 heteroatoms. The molecule has 2 aromatic rings. The second-order valence-corrected chi connectivity index (χ2v) is 8.34. The fraction of sp³-hybridized carbons (Fsp3) is 0.500. The Morgan fingerprint density at radius 2 is 1.89 bits per heavy atom. The molecule has 3 heterocycles. The van der Waals surface area contributed by atoms with Crippen LogP contribution >= 0.6 is 15.6 Å². The molecule has 0 aromatic carbocycles. The number of nitrogens with two attached hydrogens (primary N) is 1. The molecule has 15 nitrogen and oxygen atoms in total. The second kappa shape index (κ2) is 7.35. The summed E-state index contributed by atoms with van der Waals surface area (Å²) in [5, 5.41) is 20.2. The molecule has 28 heavy (non-hydrogen) atoms. The number of ether oxygens (including phenoxy) is 1. The van der Waals surface area contributed by atoms with Gasteiger partial charge >= 0.3 is 15.6 Å². The molecule has 1 aliphatic rings. The molecule has 0 bridgehead atoms. The maximum atomic E-state index is 14.2. The van der Waals surface area contributed by atoms with Crippen molar-refractivity contribution >= 4 is 32.6 Å². The summed E-state index contributed by atoms with van der Waals surface area (Å²) in [6.45, 7) is 0. The quantitative estimate of drug-likeness (QED) is 0.279. The average molecular weight is 445 g/mol. The van der Waals surface area contributed by atoms with E-state index in [0.29, 0.717) is 0 Å². The van der Waals surface area contributed by atoms with Crippen LogP contribution in [0, 0.1) is 0 Å². The summed E-state index contributed by atoms with van der Waals surface area (Å²) in [5.41, 5.74) is 5.85. The summed E-state index contributed by atoms with van der Waals surface area (Å²) in [6, 6.07) is 0. The number of nitrogens with zero attached hydrogens (tertiary/aromatic N) is 4. The predicted octanol–water partition coefficient (Wildman–Crippen LogP) is -1.45. The first-order chi connectivity index (χ1) is 12.9. The minimum atomic E-state index is -5.56. The number of hydrogen-bond acceptors (Lipinski definition) is 11. The van der Waals surface area contributed by atoms with Gasteiger partial charge in [-0.25, -0.2) is 33.0 Å².